The van der Waals surface area contributed by atoms with E-state index in [1.165, 1.54) is 25.2 Å². The smallest absolute Gasteiger partial charge is 0.316 e. The summed E-state index contributed by atoms with van der Waals surface area (Å²) in [4.78, 5) is 7.94. The molecule has 2 rings (SSSR count). The fraction of sp³-hybridized carbons (Fsp3) is 0.600. The molecule has 0 bridgehead atoms. The van der Waals surface area contributed by atoms with Gasteiger partial charge >= 0.3 is 6.01 Å². The Bertz CT molecular complexity index is 301. The van der Waals surface area contributed by atoms with Gasteiger partial charge in [-0.25, -0.2) is 9.97 Å². The van der Waals surface area contributed by atoms with Gasteiger partial charge in [-0.3, -0.25) is 0 Å². The van der Waals surface area contributed by atoms with Crippen LogP contribution in [0.25, 0.3) is 0 Å². The van der Waals surface area contributed by atoms with Gasteiger partial charge in [-0.2, -0.15) is 0 Å². The number of rotatable bonds is 3. The van der Waals surface area contributed by atoms with Crippen molar-refractivity contribution in [2.45, 2.75) is 25.3 Å². The summed E-state index contributed by atoms with van der Waals surface area (Å²) in [7, 11) is 0. The Balaban J connectivity index is 0.00000128. The van der Waals surface area contributed by atoms with Crippen LogP contribution in [0.4, 0.5) is 0 Å². The maximum Gasteiger partial charge on any atom is 0.316 e. The molecule has 90 valence electrons. The van der Waals surface area contributed by atoms with Crippen molar-refractivity contribution in [3.8, 4) is 6.01 Å². The quantitative estimate of drug-likeness (QED) is 0.907. The summed E-state index contributed by atoms with van der Waals surface area (Å²) < 4.78 is 5.46. The van der Waals surface area contributed by atoms with Gasteiger partial charge < -0.3 is 10.1 Å². The first kappa shape index (κ1) is 13.5. The maximum absolute atomic E-state index is 5.67. The molecule has 1 fully saturated rings. The minimum Gasteiger partial charge on any atom is -0.462 e. The molecule has 1 aliphatic heterocycles. The zero-order chi connectivity index (χ0) is 10.5. The molecule has 0 aromatic carbocycles. The number of nitrogens with zero attached hydrogens (tertiary/aromatic N) is 2. The average molecular weight is 264 g/mol. The van der Waals surface area contributed by atoms with E-state index in [9.17, 15) is 0 Å². The summed E-state index contributed by atoms with van der Waals surface area (Å²) in [6.07, 6.45) is 6.76. The Hall–Kier alpha value is -0.580. The Morgan fingerprint density at radius 2 is 2.12 bits per heavy atom. The number of piperidine rings is 1. The molecule has 1 N–H and O–H groups in total. The number of nitrogens with one attached hydrogen (secondary N) is 1. The van der Waals surface area contributed by atoms with Crippen LogP contribution in [0, 0.1) is 0 Å². The Morgan fingerprint density at radius 3 is 2.75 bits per heavy atom. The van der Waals surface area contributed by atoms with E-state index < -0.39 is 0 Å². The predicted octanol–water partition coefficient (Wildman–Crippen LogP) is 2.07. The molecule has 0 spiro atoms. The zero-order valence-electron chi connectivity index (χ0n) is 8.86. The highest BCUT2D eigenvalue weighted by Crippen LogP contribution is 2.10. The lowest BCUT2D eigenvalue weighted by molar-refractivity contribution is 0.224. The maximum atomic E-state index is 5.67. The van der Waals surface area contributed by atoms with Crippen LogP contribution >= 0.6 is 24.0 Å². The molecule has 0 saturated carbocycles. The Labute approximate surface area is 106 Å². The molecule has 4 nitrogen and oxygen atoms in total. The van der Waals surface area contributed by atoms with Crippen LogP contribution in [-0.2, 0) is 0 Å². The highest BCUT2D eigenvalue weighted by molar-refractivity contribution is 6.30. The van der Waals surface area contributed by atoms with E-state index in [4.69, 9.17) is 16.3 Å². The van der Waals surface area contributed by atoms with Crippen LogP contribution in [0.1, 0.15) is 19.3 Å². The molecule has 1 saturated heterocycles. The minimum atomic E-state index is 0. The molecular weight excluding hydrogens is 249 g/mol. The molecule has 1 unspecified atom stereocenters. The van der Waals surface area contributed by atoms with Crippen molar-refractivity contribution >= 4 is 24.0 Å². The van der Waals surface area contributed by atoms with Gasteiger partial charge in [0, 0.05) is 6.04 Å². The molecule has 1 aromatic heterocycles. The van der Waals surface area contributed by atoms with E-state index in [1.807, 2.05) is 0 Å². The van der Waals surface area contributed by atoms with Crippen molar-refractivity contribution in [3.05, 3.63) is 17.4 Å². The first-order valence-electron chi connectivity index (χ1n) is 5.18. The highest BCUT2D eigenvalue weighted by atomic mass is 35.5. The summed E-state index contributed by atoms with van der Waals surface area (Å²) in [5, 5.41) is 3.92. The number of ether oxygens (including phenoxy) is 1. The van der Waals surface area contributed by atoms with Crippen molar-refractivity contribution in [1.82, 2.24) is 15.3 Å². The molecule has 0 radical (unpaired) electrons. The standard InChI is InChI=1S/C10H14ClN3O.ClH/c11-8-5-13-10(14-6-8)15-7-9-3-1-2-4-12-9;/h5-6,9,12H,1-4,7H2;1H. The topological polar surface area (TPSA) is 47.0 Å². The first-order valence-corrected chi connectivity index (χ1v) is 5.56. The lowest BCUT2D eigenvalue weighted by Crippen LogP contribution is -2.38. The van der Waals surface area contributed by atoms with Gasteiger partial charge in [0.1, 0.15) is 6.61 Å². The van der Waals surface area contributed by atoms with Gasteiger partial charge in [-0.15, -0.1) is 12.4 Å². The lowest BCUT2D eigenvalue weighted by atomic mass is 10.1. The van der Waals surface area contributed by atoms with E-state index in [2.05, 4.69) is 15.3 Å². The zero-order valence-corrected chi connectivity index (χ0v) is 10.4. The molecule has 1 atom stereocenters. The monoisotopic (exact) mass is 263 g/mol. The first-order chi connectivity index (χ1) is 7.34. The van der Waals surface area contributed by atoms with Crippen molar-refractivity contribution in [2.24, 2.45) is 0 Å². The summed E-state index contributed by atoms with van der Waals surface area (Å²) in [6.45, 7) is 1.71. The van der Waals surface area contributed by atoms with E-state index in [1.54, 1.807) is 0 Å². The number of hydrogen-bond acceptors (Lipinski definition) is 4. The second kappa shape index (κ2) is 6.89. The molecule has 1 aromatic rings. The fourth-order valence-corrected chi connectivity index (χ4v) is 1.71. The SMILES string of the molecule is Cl.Clc1cnc(OCC2CCCCN2)nc1. The normalized spacial score (nSPS) is 19.9. The third kappa shape index (κ3) is 4.12. The molecule has 2 heterocycles. The van der Waals surface area contributed by atoms with E-state index >= 15 is 0 Å². The van der Waals surface area contributed by atoms with Crippen LogP contribution in [0.3, 0.4) is 0 Å². The van der Waals surface area contributed by atoms with Crippen LogP contribution in [0.5, 0.6) is 6.01 Å². The number of hydrogen-bond donors (Lipinski definition) is 1. The number of halogens is 2. The minimum absolute atomic E-state index is 0. The van der Waals surface area contributed by atoms with Crippen LogP contribution in [0.2, 0.25) is 5.02 Å². The Kier molecular flexibility index (Phi) is 5.80. The van der Waals surface area contributed by atoms with Gasteiger partial charge in [-0.05, 0) is 19.4 Å². The van der Waals surface area contributed by atoms with Crippen molar-refractivity contribution in [1.29, 1.82) is 0 Å². The summed E-state index contributed by atoms with van der Waals surface area (Å²) in [5.74, 6) is 0. The second-order valence-corrected chi connectivity index (χ2v) is 4.08. The van der Waals surface area contributed by atoms with E-state index in [0.717, 1.165) is 13.0 Å². The summed E-state index contributed by atoms with van der Waals surface area (Å²) >= 11 is 5.67. The van der Waals surface area contributed by atoms with Crippen LogP contribution in [0.15, 0.2) is 12.4 Å². The fourth-order valence-electron chi connectivity index (χ4n) is 1.62. The van der Waals surface area contributed by atoms with Crippen LogP contribution in [-0.4, -0.2) is 29.2 Å². The van der Waals surface area contributed by atoms with Crippen molar-refractivity contribution < 1.29 is 4.74 Å². The van der Waals surface area contributed by atoms with Gasteiger partial charge in [0.2, 0.25) is 0 Å². The predicted molar refractivity (Wildman–Crippen MR) is 65.4 cm³/mol. The molecule has 16 heavy (non-hydrogen) atoms. The summed E-state index contributed by atoms with van der Waals surface area (Å²) in [6, 6.07) is 0.824. The van der Waals surface area contributed by atoms with E-state index in [0.29, 0.717) is 23.7 Å². The Morgan fingerprint density at radius 1 is 1.38 bits per heavy atom. The molecule has 0 aliphatic carbocycles. The van der Waals surface area contributed by atoms with Gasteiger partial charge in [0.25, 0.3) is 0 Å². The third-order valence-electron chi connectivity index (χ3n) is 2.42. The average Bonchev–Trinajstić information content (AvgIpc) is 2.30. The number of aromatic nitrogens is 2. The lowest BCUT2D eigenvalue weighted by Gasteiger charge is -2.22. The molecule has 0 amide bonds. The molecular formula is C10H15Cl2N3O. The molecule has 1 aliphatic rings. The van der Waals surface area contributed by atoms with Crippen molar-refractivity contribution in [2.75, 3.05) is 13.2 Å². The highest BCUT2D eigenvalue weighted by Gasteiger charge is 2.13. The second-order valence-electron chi connectivity index (χ2n) is 3.64. The molecule has 6 heteroatoms. The summed E-state index contributed by atoms with van der Waals surface area (Å²) in [5.41, 5.74) is 0. The van der Waals surface area contributed by atoms with Gasteiger partial charge in [-0.1, -0.05) is 18.0 Å². The van der Waals surface area contributed by atoms with E-state index in [-0.39, 0.29) is 12.4 Å². The van der Waals surface area contributed by atoms with Gasteiger partial charge in [0.05, 0.1) is 17.4 Å². The van der Waals surface area contributed by atoms with Crippen molar-refractivity contribution in [3.63, 3.8) is 0 Å². The third-order valence-corrected chi connectivity index (χ3v) is 2.62. The van der Waals surface area contributed by atoms with Gasteiger partial charge in [0.15, 0.2) is 0 Å². The van der Waals surface area contributed by atoms with Crippen LogP contribution < -0.4 is 10.1 Å². The largest absolute Gasteiger partial charge is 0.462 e.